The third-order valence-corrected chi connectivity index (χ3v) is 8.73. The van der Waals surface area contributed by atoms with E-state index in [1.165, 1.54) is 11.1 Å². The van der Waals surface area contributed by atoms with Crippen molar-refractivity contribution in [2.24, 2.45) is 0 Å². The molecule has 0 bridgehead atoms. The number of nitrogens with zero attached hydrogens (tertiary/aromatic N) is 4. The predicted octanol–water partition coefficient (Wildman–Crippen LogP) is 2.42. The molecule has 11 nitrogen and oxygen atoms in total. The zero-order chi connectivity index (χ0) is 30.8. The van der Waals surface area contributed by atoms with Crippen LogP contribution in [0.4, 0.5) is 13.2 Å². The summed E-state index contributed by atoms with van der Waals surface area (Å²) < 4.78 is 54.6. The second kappa shape index (κ2) is 13.4. The van der Waals surface area contributed by atoms with E-state index in [-0.39, 0.29) is 41.8 Å². The lowest BCUT2D eigenvalue weighted by atomic mass is 9.97. The quantitative estimate of drug-likeness (QED) is 0.311. The number of thioether (sulfide) groups is 1. The molecule has 0 unspecified atom stereocenters. The summed E-state index contributed by atoms with van der Waals surface area (Å²) in [5, 5.41) is 32.4. The molecule has 3 heterocycles. The van der Waals surface area contributed by atoms with Crippen LogP contribution in [0.1, 0.15) is 6.04 Å². The maximum atomic E-state index is 13.9. The van der Waals surface area contributed by atoms with Crippen molar-refractivity contribution in [2.75, 3.05) is 32.8 Å². The van der Waals surface area contributed by atoms with E-state index in [0.29, 0.717) is 9.92 Å². The summed E-state index contributed by atoms with van der Waals surface area (Å²) in [6.45, 7) is -0.727. The van der Waals surface area contributed by atoms with E-state index in [1.54, 1.807) is 18.2 Å². The molecule has 5 atom stereocenters. The maximum absolute atomic E-state index is 13.9. The summed E-state index contributed by atoms with van der Waals surface area (Å²) in [5.41, 5.74) is -1.16. The van der Waals surface area contributed by atoms with E-state index in [0.717, 1.165) is 28.6 Å². The van der Waals surface area contributed by atoms with E-state index in [4.69, 9.17) is 32.7 Å². The number of carbonyl (C=O) groups excluding carboxylic acids is 2. The number of aromatic nitrogens is 3. The maximum Gasteiger partial charge on any atom is 0.249 e. The molecule has 3 aromatic rings. The molecule has 2 amide bonds. The highest BCUT2D eigenvalue weighted by Gasteiger charge is 2.48. The van der Waals surface area contributed by atoms with Gasteiger partial charge in [0.25, 0.3) is 0 Å². The van der Waals surface area contributed by atoms with Gasteiger partial charge < -0.3 is 29.9 Å². The Balaban J connectivity index is 1.48. The van der Waals surface area contributed by atoms with Gasteiger partial charge in [-0.2, -0.15) is 0 Å². The van der Waals surface area contributed by atoms with Crippen molar-refractivity contribution in [1.29, 1.82) is 0 Å². The van der Waals surface area contributed by atoms with Crippen LogP contribution in [0.15, 0.2) is 41.4 Å². The molecule has 2 aliphatic heterocycles. The predicted molar refractivity (Wildman–Crippen MR) is 148 cm³/mol. The van der Waals surface area contributed by atoms with Gasteiger partial charge in [-0.1, -0.05) is 40.2 Å². The Labute approximate surface area is 256 Å². The van der Waals surface area contributed by atoms with Gasteiger partial charge in [-0.05, 0) is 30.3 Å². The van der Waals surface area contributed by atoms with Gasteiger partial charge in [0.2, 0.25) is 11.8 Å². The average molecular weight is 662 g/mol. The van der Waals surface area contributed by atoms with Gasteiger partial charge in [-0.3, -0.25) is 9.59 Å². The number of aliphatic hydroxyl groups is 2. The number of halogens is 5. The molecule has 2 saturated heterocycles. The molecule has 0 radical (unpaired) electrons. The molecule has 2 fully saturated rings. The van der Waals surface area contributed by atoms with Crippen LogP contribution in [0.2, 0.25) is 10.0 Å². The molecule has 3 N–H and O–H groups in total. The van der Waals surface area contributed by atoms with Gasteiger partial charge in [0.05, 0.1) is 29.4 Å². The second-order valence-corrected chi connectivity index (χ2v) is 11.7. The SMILES string of the molecule is O=C1CN(C(=O)CO[C@@H]2[C@@H](n3cc(-c4cc(F)c(F)c(F)c4)nn3)[C@@H](O)[C@@H](CO)O[C@@H]2Sc2ccc(Cl)c(Cl)c2)CCN1. The fraction of sp³-hybridized carbons (Fsp3) is 0.385. The van der Waals surface area contributed by atoms with Crippen molar-refractivity contribution in [2.45, 2.75) is 34.7 Å². The number of hydrogen-bond acceptors (Lipinski definition) is 9. The van der Waals surface area contributed by atoms with Gasteiger partial charge in [0, 0.05) is 23.5 Å². The highest BCUT2D eigenvalue weighted by molar-refractivity contribution is 7.99. The molecule has 2 aliphatic rings. The summed E-state index contributed by atoms with van der Waals surface area (Å²) >= 11 is 13.3. The third kappa shape index (κ3) is 6.93. The minimum Gasteiger partial charge on any atom is -0.394 e. The summed E-state index contributed by atoms with van der Waals surface area (Å²) in [5.74, 6) is -5.33. The van der Waals surface area contributed by atoms with E-state index in [9.17, 15) is 33.0 Å². The molecular weight excluding hydrogens is 638 g/mol. The summed E-state index contributed by atoms with van der Waals surface area (Å²) in [4.78, 5) is 26.6. The van der Waals surface area contributed by atoms with E-state index < -0.39 is 66.4 Å². The zero-order valence-electron chi connectivity index (χ0n) is 22.0. The lowest BCUT2D eigenvalue weighted by Gasteiger charge is -2.44. The molecule has 0 spiro atoms. The van der Waals surface area contributed by atoms with Crippen molar-refractivity contribution in [3.05, 3.63) is 64.0 Å². The number of benzene rings is 2. The Morgan fingerprint density at radius 3 is 2.60 bits per heavy atom. The minimum atomic E-state index is -1.65. The molecule has 2 aromatic carbocycles. The third-order valence-electron chi connectivity index (χ3n) is 6.85. The number of aliphatic hydroxyl groups excluding tert-OH is 2. The van der Waals surface area contributed by atoms with Crippen LogP contribution < -0.4 is 5.32 Å². The fourth-order valence-electron chi connectivity index (χ4n) is 4.69. The number of amides is 2. The number of carbonyl (C=O) groups is 2. The average Bonchev–Trinajstić information content (AvgIpc) is 3.47. The van der Waals surface area contributed by atoms with E-state index >= 15 is 0 Å². The Bertz CT molecular complexity index is 1500. The summed E-state index contributed by atoms with van der Waals surface area (Å²) in [6.07, 6.45) is -2.50. The Hall–Kier alpha value is -2.92. The van der Waals surface area contributed by atoms with Crippen LogP contribution in [0, 0.1) is 17.5 Å². The van der Waals surface area contributed by atoms with Crippen molar-refractivity contribution >= 4 is 46.8 Å². The Kier molecular flexibility index (Phi) is 9.80. The summed E-state index contributed by atoms with van der Waals surface area (Å²) in [7, 11) is 0. The van der Waals surface area contributed by atoms with Crippen molar-refractivity contribution in [1.82, 2.24) is 25.2 Å². The number of hydrogen-bond donors (Lipinski definition) is 3. The highest BCUT2D eigenvalue weighted by Crippen LogP contribution is 2.41. The van der Waals surface area contributed by atoms with Crippen molar-refractivity contribution < 1.29 is 42.4 Å². The number of rotatable bonds is 8. The molecule has 0 saturated carbocycles. The van der Waals surface area contributed by atoms with E-state index in [2.05, 4.69) is 15.6 Å². The number of nitrogens with one attached hydrogen (secondary N) is 1. The van der Waals surface area contributed by atoms with Crippen LogP contribution >= 0.6 is 35.0 Å². The molecule has 43 heavy (non-hydrogen) atoms. The van der Waals surface area contributed by atoms with Crippen molar-refractivity contribution in [3.8, 4) is 11.3 Å². The topological polar surface area (TPSA) is 139 Å². The van der Waals surface area contributed by atoms with Crippen LogP contribution in [0.5, 0.6) is 0 Å². The lowest BCUT2D eigenvalue weighted by molar-refractivity contribution is -0.195. The first-order valence-corrected chi connectivity index (χ1v) is 14.5. The Morgan fingerprint density at radius 2 is 1.93 bits per heavy atom. The van der Waals surface area contributed by atoms with Crippen LogP contribution in [-0.2, 0) is 19.1 Å². The first kappa shape index (κ1) is 31.5. The van der Waals surface area contributed by atoms with Gasteiger partial charge in [0.15, 0.2) is 17.5 Å². The zero-order valence-corrected chi connectivity index (χ0v) is 24.3. The Morgan fingerprint density at radius 1 is 1.19 bits per heavy atom. The monoisotopic (exact) mass is 661 g/mol. The van der Waals surface area contributed by atoms with Crippen LogP contribution in [0.3, 0.4) is 0 Å². The molecular formula is C26H24Cl2F3N5O6S. The van der Waals surface area contributed by atoms with E-state index in [1.807, 2.05) is 0 Å². The summed E-state index contributed by atoms with van der Waals surface area (Å²) in [6, 6.07) is 5.14. The molecule has 5 rings (SSSR count). The van der Waals surface area contributed by atoms with Gasteiger partial charge in [-0.25, -0.2) is 17.9 Å². The fourth-order valence-corrected chi connectivity index (χ4v) is 6.22. The molecule has 1 aromatic heterocycles. The molecule has 0 aliphatic carbocycles. The molecule has 17 heteroatoms. The standard InChI is InChI=1S/C26H24Cl2F3N5O6S/c27-14-2-1-13(7-15(14)28)43-26-25(41-11-21(39)35-4-3-32-20(38)9-35)23(24(40)19(10-37)42-26)36-8-18(33-34-36)12-5-16(29)22(31)17(30)6-12/h1-2,5-8,19,23-26,37,40H,3-4,9-11H2,(H,32,38)/t19-,23+,24+,25-,26-/m1/s1. The van der Waals surface area contributed by atoms with Gasteiger partial charge in [0.1, 0.15) is 42.1 Å². The normalized spacial score (nSPS) is 24.2. The molecule has 230 valence electrons. The van der Waals surface area contributed by atoms with Crippen LogP contribution in [-0.4, -0.2) is 98.5 Å². The second-order valence-electron chi connectivity index (χ2n) is 9.68. The smallest absolute Gasteiger partial charge is 0.249 e. The largest absolute Gasteiger partial charge is 0.394 e. The van der Waals surface area contributed by atoms with Crippen molar-refractivity contribution in [3.63, 3.8) is 0 Å². The van der Waals surface area contributed by atoms with Gasteiger partial charge >= 0.3 is 0 Å². The number of ether oxygens (including phenoxy) is 2. The number of piperazine rings is 1. The first-order valence-electron chi connectivity index (χ1n) is 12.8. The minimum absolute atomic E-state index is 0.0557. The van der Waals surface area contributed by atoms with Crippen LogP contribution in [0.25, 0.3) is 11.3 Å². The van der Waals surface area contributed by atoms with Gasteiger partial charge in [-0.15, -0.1) is 5.10 Å². The lowest BCUT2D eigenvalue weighted by Crippen LogP contribution is -2.57. The first-order chi connectivity index (χ1) is 20.5. The highest BCUT2D eigenvalue weighted by atomic mass is 35.5.